The van der Waals surface area contributed by atoms with Gasteiger partial charge in [-0.1, -0.05) is 66.7 Å². The number of halogens is 3. The van der Waals surface area contributed by atoms with E-state index in [2.05, 4.69) is 5.32 Å². The van der Waals surface area contributed by atoms with Gasteiger partial charge in [0.15, 0.2) is 6.10 Å². The predicted molar refractivity (Wildman–Crippen MR) is 116 cm³/mol. The highest BCUT2D eigenvalue weighted by molar-refractivity contribution is 5.87. The van der Waals surface area contributed by atoms with Gasteiger partial charge >= 0.3 is 12.1 Å². The lowest BCUT2D eigenvalue weighted by atomic mass is 10.00. The molecule has 0 aliphatic heterocycles. The molecule has 2 N–H and O–H groups in total. The number of alkyl halides is 3. The highest BCUT2D eigenvalue weighted by Gasteiger charge is 2.31. The van der Waals surface area contributed by atoms with Crippen molar-refractivity contribution < 1.29 is 32.6 Å². The van der Waals surface area contributed by atoms with Crippen LogP contribution in [-0.2, 0) is 26.9 Å². The van der Waals surface area contributed by atoms with E-state index in [-0.39, 0.29) is 12.0 Å². The first-order valence-electron chi connectivity index (χ1n) is 10.1. The Labute approximate surface area is 188 Å². The average molecular weight is 457 g/mol. The number of aliphatic hydroxyl groups excluding tert-OH is 1. The summed E-state index contributed by atoms with van der Waals surface area (Å²) in [5, 5.41) is 12.7. The van der Waals surface area contributed by atoms with Gasteiger partial charge < -0.3 is 15.2 Å². The van der Waals surface area contributed by atoms with Gasteiger partial charge in [-0.05, 0) is 34.4 Å². The van der Waals surface area contributed by atoms with Gasteiger partial charge in [-0.2, -0.15) is 13.2 Å². The summed E-state index contributed by atoms with van der Waals surface area (Å²) in [6.45, 7) is 0. The quantitative estimate of drug-likeness (QED) is 0.519. The number of ether oxygens (including phenoxy) is 1. The zero-order chi connectivity index (χ0) is 24.0. The first-order chi connectivity index (χ1) is 15.7. The van der Waals surface area contributed by atoms with E-state index >= 15 is 0 Å². The molecule has 3 aromatic carbocycles. The fourth-order valence-corrected chi connectivity index (χ4v) is 3.29. The summed E-state index contributed by atoms with van der Waals surface area (Å²) in [4.78, 5) is 24.7. The Kier molecular flexibility index (Phi) is 7.50. The number of aliphatic hydroxyl groups is 1. The Morgan fingerprint density at radius 2 is 1.48 bits per heavy atom. The van der Waals surface area contributed by atoms with Gasteiger partial charge in [-0.25, -0.2) is 4.79 Å². The minimum absolute atomic E-state index is 0.0312. The average Bonchev–Trinajstić information content (AvgIpc) is 2.83. The van der Waals surface area contributed by atoms with Crippen molar-refractivity contribution in [2.45, 2.75) is 24.7 Å². The van der Waals surface area contributed by atoms with Gasteiger partial charge in [0.2, 0.25) is 0 Å². The topological polar surface area (TPSA) is 75.6 Å². The minimum Gasteiger partial charge on any atom is -0.467 e. The second kappa shape index (κ2) is 10.3. The van der Waals surface area contributed by atoms with E-state index in [0.717, 1.165) is 41.0 Å². The molecule has 0 heterocycles. The molecule has 0 unspecified atom stereocenters. The molecule has 0 saturated carbocycles. The number of carbonyl (C=O) groups excluding carboxylic acids is 2. The van der Waals surface area contributed by atoms with Crippen LogP contribution in [0.4, 0.5) is 13.2 Å². The molecule has 0 aliphatic carbocycles. The van der Waals surface area contributed by atoms with Crippen molar-refractivity contribution in [2.24, 2.45) is 0 Å². The highest BCUT2D eigenvalue weighted by atomic mass is 19.4. The number of hydrogen-bond acceptors (Lipinski definition) is 4. The molecule has 1 amide bonds. The van der Waals surface area contributed by atoms with E-state index in [0.29, 0.717) is 0 Å². The zero-order valence-electron chi connectivity index (χ0n) is 17.7. The number of rotatable bonds is 7. The second-order valence-electron chi connectivity index (χ2n) is 7.37. The first kappa shape index (κ1) is 24.0. The molecule has 8 heteroatoms. The van der Waals surface area contributed by atoms with Gasteiger partial charge in [-0.3, -0.25) is 4.79 Å². The largest absolute Gasteiger partial charge is 0.467 e. The summed E-state index contributed by atoms with van der Waals surface area (Å²) in [7, 11) is 1.17. The number of benzene rings is 3. The van der Waals surface area contributed by atoms with Crippen LogP contribution in [0.1, 0.15) is 22.8 Å². The minimum atomic E-state index is -4.53. The normalized spacial score (nSPS) is 13.1. The van der Waals surface area contributed by atoms with Gasteiger partial charge in [0.05, 0.1) is 12.7 Å². The fraction of sp³-hybridized carbons (Fsp3) is 0.200. The summed E-state index contributed by atoms with van der Waals surface area (Å²) >= 11 is 0. The zero-order valence-corrected chi connectivity index (χ0v) is 17.7. The summed E-state index contributed by atoms with van der Waals surface area (Å²) in [6.07, 6.45) is -6.18. The summed E-state index contributed by atoms with van der Waals surface area (Å²) in [5.74, 6) is -1.64. The monoisotopic (exact) mass is 457 g/mol. The number of amides is 1. The molecule has 33 heavy (non-hydrogen) atoms. The SMILES string of the molecule is COC(=O)[C@H](Cc1ccc(-c2ccccc2)cc1)NC(=O)[C@@H](O)c1ccc(C(F)(F)F)cc1. The Morgan fingerprint density at radius 3 is 2.03 bits per heavy atom. The van der Waals surface area contributed by atoms with Crippen LogP contribution >= 0.6 is 0 Å². The van der Waals surface area contributed by atoms with E-state index in [1.54, 1.807) is 0 Å². The smallest absolute Gasteiger partial charge is 0.416 e. The van der Waals surface area contributed by atoms with E-state index in [1.165, 1.54) is 7.11 Å². The lowest BCUT2D eigenvalue weighted by Crippen LogP contribution is -2.45. The third kappa shape index (κ3) is 6.20. The molecule has 172 valence electrons. The molecule has 5 nitrogen and oxygen atoms in total. The Bertz CT molecular complexity index is 1080. The summed E-state index contributed by atoms with van der Waals surface area (Å²) in [6, 6.07) is 19.6. The van der Waals surface area contributed by atoms with Crippen LogP contribution in [-0.4, -0.2) is 30.1 Å². The second-order valence-corrected chi connectivity index (χ2v) is 7.37. The van der Waals surface area contributed by atoms with Gasteiger partial charge in [0.25, 0.3) is 5.91 Å². The molecule has 0 aliphatic rings. The van der Waals surface area contributed by atoms with Crippen LogP contribution in [0.25, 0.3) is 11.1 Å². The number of carbonyl (C=O) groups is 2. The molecule has 0 aromatic heterocycles. The van der Waals surface area contributed by atoms with Crippen molar-refractivity contribution in [1.82, 2.24) is 5.32 Å². The van der Waals surface area contributed by atoms with Gasteiger partial charge in [0, 0.05) is 6.42 Å². The fourth-order valence-electron chi connectivity index (χ4n) is 3.29. The lowest BCUT2D eigenvalue weighted by Gasteiger charge is -2.19. The number of methoxy groups -OCH3 is 1. The number of esters is 1. The van der Waals surface area contributed by atoms with Crippen molar-refractivity contribution in [3.63, 3.8) is 0 Å². The number of hydrogen-bond donors (Lipinski definition) is 2. The maximum Gasteiger partial charge on any atom is 0.416 e. The number of nitrogens with one attached hydrogen (secondary N) is 1. The maximum atomic E-state index is 12.7. The van der Waals surface area contributed by atoms with Gasteiger partial charge in [0.1, 0.15) is 6.04 Å². The molecule has 0 bridgehead atoms. The van der Waals surface area contributed by atoms with Crippen LogP contribution in [0, 0.1) is 0 Å². The first-order valence-corrected chi connectivity index (χ1v) is 10.1. The Morgan fingerprint density at radius 1 is 0.909 bits per heavy atom. The van der Waals surface area contributed by atoms with Crippen molar-refractivity contribution in [3.8, 4) is 11.1 Å². The molecular weight excluding hydrogens is 435 g/mol. The summed E-state index contributed by atoms with van der Waals surface area (Å²) < 4.78 is 42.9. The van der Waals surface area contributed by atoms with E-state index < -0.39 is 35.8 Å². The highest BCUT2D eigenvalue weighted by Crippen LogP contribution is 2.30. The third-order valence-corrected chi connectivity index (χ3v) is 5.11. The van der Waals surface area contributed by atoms with Crippen molar-refractivity contribution in [3.05, 3.63) is 95.6 Å². The van der Waals surface area contributed by atoms with Crippen molar-refractivity contribution in [1.29, 1.82) is 0 Å². The van der Waals surface area contributed by atoms with Crippen molar-refractivity contribution >= 4 is 11.9 Å². The molecule has 0 saturated heterocycles. The van der Waals surface area contributed by atoms with E-state index in [9.17, 15) is 27.9 Å². The molecule has 0 spiro atoms. The maximum absolute atomic E-state index is 12.7. The van der Waals surface area contributed by atoms with Gasteiger partial charge in [-0.15, -0.1) is 0 Å². The van der Waals surface area contributed by atoms with Crippen LogP contribution in [0.2, 0.25) is 0 Å². The van der Waals surface area contributed by atoms with Crippen LogP contribution in [0.5, 0.6) is 0 Å². The van der Waals surface area contributed by atoms with E-state index in [1.807, 2.05) is 54.6 Å². The molecule has 0 fully saturated rings. The molecule has 2 atom stereocenters. The Hall–Kier alpha value is -3.65. The molecule has 3 rings (SSSR count). The van der Waals surface area contributed by atoms with E-state index in [4.69, 9.17) is 4.74 Å². The standard InChI is InChI=1S/C25H22F3NO4/c1-33-24(32)21(15-16-7-9-18(10-8-16)17-5-3-2-4-6-17)29-23(31)22(30)19-11-13-20(14-12-19)25(26,27)28/h2-14,21-22,30H,15H2,1H3,(H,29,31)/t21-,22-/m0/s1. The van der Waals surface area contributed by atoms with Crippen LogP contribution in [0.3, 0.4) is 0 Å². The van der Waals surface area contributed by atoms with Crippen LogP contribution in [0.15, 0.2) is 78.9 Å². The third-order valence-electron chi connectivity index (χ3n) is 5.11. The summed E-state index contributed by atoms with van der Waals surface area (Å²) in [5.41, 5.74) is 1.83. The molecule has 0 radical (unpaired) electrons. The Balaban J connectivity index is 1.70. The molecule has 3 aromatic rings. The van der Waals surface area contributed by atoms with Crippen LogP contribution < -0.4 is 5.32 Å². The van der Waals surface area contributed by atoms with Crippen molar-refractivity contribution in [2.75, 3.05) is 7.11 Å². The lowest BCUT2D eigenvalue weighted by molar-refractivity contribution is -0.146. The predicted octanol–water partition coefficient (Wildman–Crippen LogP) is 4.31. The molecular formula is C25H22F3NO4.